The van der Waals surface area contributed by atoms with E-state index in [2.05, 4.69) is 56.9 Å². The van der Waals surface area contributed by atoms with E-state index in [4.69, 9.17) is 0 Å². The van der Waals surface area contributed by atoms with E-state index in [0.717, 1.165) is 32.0 Å². The molecule has 3 rings (SSSR count). The SMILES string of the molecule is CCNC(=NCc1ccccc1)NCC(O)CN1CCc2ccccc2C1. The molecule has 27 heavy (non-hydrogen) atoms. The first-order valence-corrected chi connectivity index (χ1v) is 9.78. The van der Waals surface area contributed by atoms with Crippen molar-refractivity contribution < 1.29 is 5.11 Å². The van der Waals surface area contributed by atoms with Gasteiger partial charge in [0, 0.05) is 32.7 Å². The molecule has 1 aliphatic heterocycles. The zero-order valence-corrected chi connectivity index (χ0v) is 16.1. The highest BCUT2D eigenvalue weighted by Crippen LogP contribution is 2.18. The molecule has 0 spiro atoms. The van der Waals surface area contributed by atoms with Crippen molar-refractivity contribution in [3.05, 3.63) is 71.3 Å². The molecule has 2 aromatic rings. The van der Waals surface area contributed by atoms with Crippen LogP contribution in [0.25, 0.3) is 0 Å². The van der Waals surface area contributed by atoms with Crippen molar-refractivity contribution in [2.24, 2.45) is 4.99 Å². The van der Waals surface area contributed by atoms with E-state index in [1.54, 1.807) is 0 Å². The fourth-order valence-corrected chi connectivity index (χ4v) is 3.38. The van der Waals surface area contributed by atoms with Gasteiger partial charge in [-0.15, -0.1) is 0 Å². The Hall–Kier alpha value is -2.37. The number of benzene rings is 2. The molecule has 0 amide bonds. The van der Waals surface area contributed by atoms with E-state index < -0.39 is 6.10 Å². The van der Waals surface area contributed by atoms with Crippen molar-refractivity contribution in [3.63, 3.8) is 0 Å². The molecule has 1 unspecified atom stereocenters. The molecule has 1 atom stereocenters. The summed E-state index contributed by atoms with van der Waals surface area (Å²) in [5, 5.41) is 17.0. The summed E-state index contributed by atoms with van der Waals surface area (Å²) in [7, 11) is 0. The van der Waals surface area contributed by atoms with Crippen molar-refractivity contribution in [1.29, 1.82) is 0 Å². The molecule has 1 aliphatic rings. The first-order chi connectivity index (χ1) is 13.2. The average Bonchev–Trinajstić information content (AvgIpc) is 2.71. The second-order valence-electron chi connectivity index (χ2n) is 6.97. The fraction of sp³-hybridized carbons (Fsp3) is 0.409. The molecular formula is C22H30N4O. The molecule has 0 radical (unpaired) electrons. The molecule has 0 fully saturated rings. The molecule has 1 heterocycles. The van der Waals surface area contributed by atoms with Gasteiger partial charge in [0.05, 0.1) is 12.6 Å². The minimum atomic E-state index is -0.434. The van der Waals surface area contributed by atoms with Gasteiger partial charge in [0.25, 0.3) is 0 Å². The Bertz CT molecular complexity index is 732. The number of aliphatic hydroxyl groups is 1. The molecule has 0 bridgehead atoms. The molecule has 144 valence electrons. The van der Waals surface area contributed by atoms with Gasteiger partial charge < -0.3 is 15.7 Å². The quantitative estimate of drug-likeness (QED) is 0.519. The maximum Gasteiger partial charge on any atom is 0.191 e. The first kappa shape index (κ1) is 19.4. The van der Waals surface area contributed by atoms with Crippen LogP contribution in [0.2, 0.25) is 0 Å². The number of hydrogen-bond donors (Lipinski definition) is 3. The number of guanidine groups is 1. The highest BCUT2D eigenvalue weighted by atomic mass is 16.3. The third-order valence-corrected chi connectivity index (χ3v) is 4.79. The van der Waals surface area contributed by atoms with Crippen LogP contribution in [0.4, 0.5) is 0 Å². The van der Waals surface area contributed by atoms with Gasteiger partial charge in [-0.25, -0.2) is 4.99 Å². The van der Waals surface area contributed by atoms with Crippen LogP contribution in [0.15, 0.2) is 59.6 Å². The Kier molecular flexibility index (Phi) is 7.25. The lowest BCUT2D eigenvalue weighted by Gasteiger charge is -2.30. The maximum atomic E-state index is 10.5. The fourth-order valence-electron chi connectivity index (χ4n) is 3.38. The molecule has 5 heteroatoms. The van der Waals surface area contributed by atoms with E-state index in [-0.39, 0.29) is 0 Å². The Labute approximate surface area is 162 Å². The van der Waals surface area contributed by atoms with Crippen LogP contribution in [0.5, 0.6) is 0 Å². The lowest BCUT2D eigenvalue weighted by atomic mass is 10.00. The van der Waals surface area contributed by atoms with Gasteiger partial charge in [-0.1, -0.05) is 54.6 Å². The lowest BCUT2D eigenvalue weighted by Crippen LogP contribution is -2.45. The summed E-state index contributed by atoms with van der Waals surface area (Å²) in [6, 6.07) is 18.8. The second-order valence-corrected chi connectivity index (χ2v) is 6.97. The number of aliphatic hydroxyl groups excluding tert-OH is 1. The zero-order chi connectivity index (χ0) is 18.9. The maximum absolute atomic E-state index is 10.5. The number of nitrogens with zero attached hydrogens (tertiary/aromatic N) is 2. The number of nitrogens with one attached hydrogen (secondary N) is 2. The zero-order valence-electron chi connectivity index (χ0n) is 16.1. The lowest BCUT2D eigenvalue weighted by molar-refractivity contribution is 0.108. The third-order valence-electron chi connectivity index (χ3n) is 4.79. The van der Waals surface area contributed by atoms with Crippen LogP contribution in [0.3, 0.4) is 0 Å². The third kappa shape index (κ3) is 6.08. The molecule has 5 nitrogen and oxygen atoms in total. The summed E-state index contributed by atoms with van der Waals surface area (Å²) in [4.78, 5) is 6.92. The van der Waals surface area contributed by atoms with E-state index in [1.165, 1.54) is 16.7 Å². The molecule has 2 aromatic carbocycles. The van der Waals surface area contributed by atoms with Crippen LogP contribution in [0.1, 0.15) is 23.6 Å². The first-order valence-electron chi connectivity index (χ1n) is 9.78. The van der Waals surface area contributed by atoms with Gasteiger partial charge in [-0.05, 0) is 30.0 Å². The van der Waals surface area contributed by atoms with Crippen LogP contribution in [-0.2, 0) is 19.5 Å². The van der Waals surface area contributed by atoms with Crippen molar-refractivity contribution in [1.82, 2.24) is 15.5 Å². The Balaban J connectivity index is 1.47. The van der Waals surface area contributed by atoms with E-state index >= 15 is 0 Å². The van der Waals surface area contributed by atoms with Crippen molar-refractivity contribution in [2.75, 3.05) is 26.2 Å². The van der Waals surface area contributed by atoms with Gasteiger partial charge in [-0.2, -0.15) is 0 Å². The van der Waals surface area contributed by atoms with Crippen molar-refractivity contribution in [3.8, 4) is 0 Å². The highest BCUT2D eigenvalue weighted by Gasteiger charge is 2.18. The van der Waals surface area contributed by atoms with Crippen LogP contribution in [0, 0.1) is 0 Å². The number of β-amino-alcohol motifs (C(OH)–C–C–N with tert-alkyl or cyclic N) is 1. The Morgan fingerprint density at radius 2 is 1.81 bits per heavy atom. The number of rotatable bonds is 7. The summed E-state index contributed by atoms with van der Waals surface area (Å²) < 4.78 is 0. The minimum Gasteiger partial charge on any atom is -0.390 e. The second kappa shape index (κ2) is 10.1. The molecular weight excluding hydrogens is 336 g/mol. The molecule has 0 saturated heterocycles. The van der Waals surface area contributed by atoms with E-state index in [1.807, 2.05) is 25.1 Å². The largest absolute Gasteiger partial charge is 0.390 e. The number of aliphatic imine (C=N–C) groups is 1. The Morgan fingerprint density at radius 3 is 2.59 bits per heavy atom. The average molecular weight is 367 g/mol. The standard InChI is InChI=1S/C22H30N4O/c1-2-23-22(24-14-18-8-4-3-5-9-18)25-15-21(27)17-26-13-12-19-10-6-7-11-20(19)16-26/h3-11,21,27H,2,12-17H2,1H3,(H2,23,24,25). The summed E-state index contributed by atoms with van der Waals surface area (Å²) in [6.45, 7) is 6.51. The monoisotopic (exact) mass is 366 g/mol. The minimum absolute atomic E-state index is 0.434. The van der Waals surface area contributed by atoms with Crippen molar-refractivity contribution >= 4 is 5.96 Å². The number of hydrogen-bond acceptors (Lipinski definition) is 3. The van der Waals surface area contributed by atoms with E-state index in [0.29, 0.717) is 19.6 Å². The molecule has 0 aromatic heterocycles. The molecule has 0 saturated carbocycles. The summed E-state index contributed by atoms with van der Waals surface area (Å²) in [5.41, 5.74) is 3.98. The molecule has 0 aliphatic carbocycles. The van der Waals surface area contributed by atoms with Crippen LogP contribution >= 0.6 is 0 Å². The van der Waals surface area contributed by atoms with Crippen molar-refractivity contribution in [2.45, 2.75) is 32.5 Å². The topological polar surface area (TPSA) is 59.9 Å². The highest BCUT2D eigenvalue weighted by molar-refractivity contribution is 5.79. The number of fused-ring (bicyclic) bond motifs is 1. The summed E-state index contributed by atoms with van der Waals surface area (Å²) >= 11 is 0. The van der Waals surface area contributed by atoms with Crippen LogP contribution < -0.4 is 10.6 Å². The van der Waals surface area contributed by atoms with Gasteiger partial charge >= 0.3 is 0 Å². The Morgan fingerprint density at radius 1 is 1.07 bits per heavy atom. The van der Waals surface area contributed by atoms with Crippen LogP contribution in [-0.4, -0.2) is 48.2 Å². The van der Waals surface area contributed by atoms with Gasteiger partial charge in [0.1, 0.15) is 0 Å². The smallest absolute Gasteiger partial charge is 0.191 e. The predicted molar refractivity (Wildman–Crippen MR) is 111 cm³/mol. The summed E-state index contributed by atoms with van der Waals surface area (Å²) in [5.74, 6) is 0.740. The summed E-state index contributed by atoms with van der Waals surface area (Å²) in [6.07, 6.45) is 0.619. The normalized spacial score (nSPS) is 15.9. The van der Waals surface area contributed by atoms with Gasteiger partial charge in [0.2, 0.25) is 0 Å². The van der Waals surface area contributed by atoms with Gasteiger partial charge in [0.15, 0.2) is 5.96 Å². The molecule has 3 N–H and O–H groups in total. The van der Waals surface area contributed by atoms with Gasteiger partial charge in [-0.3, -0.25) is 4.90 Å². The predicted octanol–water partition coefficient (Wildman–Crippen LogP) is 2.16. The van der Waals surface area contributed by atoms with E-state index in [9.17, 15) is 5.11 Å².